The minimum Gasteiger partial charge on any atom is -0.492 e. The third kappa shape index (κ3) is 4.96. The van der Waals surface area contributed by atoms with E-state index in [9.17, 15) is 8.42 Å². The van der Waals surface area contributed by atoms with Gasteiger partial charge in [0.05, 0.1) is 4.90 Å². The van der Waals surface area contributed by atoms with Crippen molar-refractivity contribution in [2.45, 2.75) is 17.7 Å². The Morgan fingerprint density at radius 3 is 2.62 bits per heavy atom. The molecule has 0 aliphatic carbocycles. The third-order valence-electron chi connectivity index (χ3n) is 3.76. The van der Waals surface area contributed by atoms with Crippen molar-refractivity contribution in [1.29, 1.82) is 0 Å². The summed E-state index contributed by atoms with van der Waals surface area (Å²) in [4.78, 5) is 2.45. The van der Waals surface area contributed by atoms with Gasteiger partial charge in [-0.1, -0.05) is 0 Å². The van der Waals surface area contributed by atoms with Crippen LogP contribution in [0.15, 0.2) is 29.2 Å². The quantitative estimate of drug-likeness (QED) is 0.791. The van der Waals surface area contributed by atoms with E-state index in [2.05, 4.69) is 4.90 Å². The van der Waals surface area contributed by atoms with Gasteiger partial charge in [-0.15, -0.1) is 0 Å². The van der Waals surface area contributed by atoms with Crippen molar-refractivity contribution in [3.63, 3.8) is 0 Å². The molecule has 118 valence electrons. The Kier molecular flexibility index (Phi) is 5.58. The molecule has 6 nitrogen and oxygen atoms in total. The molecule has 0 aromatic heterocycles. The standard InChI is InChI=1S/C14H23N3O3S/c15-10-12-2-1-7-17(11-12)8-9-20-13-3-5-14(6-4-13)21(16,18)19/h3-6,12H,1-2,7-11,15H2,(H2,16,18,19). The van der Waals surface area contributed by atoms with Crippen molar-refractivity contribution in [3.05, 3.63) is 24.3 Å². The molecule has 21 heavy (non-hydrogen) atoms. The number of sulfonamides is 1. The van der Waals surface area contributed by atoms with Crippen LogP contribution in [0.2, 0.25) is 0 Å². The molecular formula is C14H23N3O3S. The Morgan fingerprint density at radius 1 is 1.29 bits per heavy atom. The molecule has 2 rings (SSSR count). The molecule has 1 fully saturated rings. The number of ether oxygens (including phenoxy) is 1. The number of primary sulfonamides is 1. The summed E-state index contributed by atoms with van der Waals surface area (Å²) in [7, 11) is -3.64. The molecule has 1 heterocycles. The molecule has 1 saturated heterocycles. The van der Waals surface area contributed by atoms with E-state index in [-0.39, 0.29) is 4.90 Å². The average molecular weight is 313 g/mol. The highest BCUT2D eigenvalue weighted by atomic mass is 32.2. The van der Waals surface area contributed by atoms with Crippen LogP contribution in [-0.4, -0.2) is 46.1 Å². The maximum atomic E-state index is 11.1. The van der Waals surface area contributed by atoms with Gasteiger partial charge in [0, 0.05) is 13.1 Å². The van der Waals surface area contributed by atoms with E-state index in [1.54, 1.807) is 12.1 Å². The van der Waals surface area contributed by atoms with Gasteiger partial charge in [0.25, 0.3) is 0 Å². The number of piperidine rings is 1. The molecule has 0 saturated carbocycles. The molecule has 1 aliphatic heterocycles. The van der Waals surface area contributed by atoms with Gasteiger partial charge in [-0.05, 0) is 56.1 Å². The van der Waals surface area contributed by atoms with Crippen LogP contribution >= 0.6 is 0 Å². The number of likely N-dealkylation sites (tertiary alicyclic amines) is 1. The predicted molar refractivity (Wildman–Crippen MR) is 81.5 cm³/mol. The van der Waals surface area contributed by atoms with Crippen LogP contribution in [0.25, 0.3) is 0 Å². The zero-order valence-corrected chi connectivity index (χ0v) is 12.9. The first kappa shape index (κ1) is 16.2. The first-order valence-electron chi connectivity index (χ1n) is 7.17. The molecule has 1 aliphatic rings. The first-order valence-corrected chi connectivity index (χ1v) is 8.72. The minimum atomic E-state index is -3.64. The van der Waals surface area contributed by atoms with Gasteiger partial charge in [-0.3, -0.25) is 4.90 Å². The Hall–Kier alpha value is -1.15. The lowest BCUT2D eigenvalue weighted by molar-refractivity contribution is 0.149. The molecule has 1 unspecified atom stereocenters. The van der Waals surface area contributed by atoms with Crippen molar-refractivity contribution in [1.82, 2.24) is 4.90 Å². The zero-order chi connectivity index (χ0) is 15.3. The summed E-state index contributed by atoms with van der Waals surface area (Å²) < 4.78 is 27.9. The first-order chi connectivity index (χ1) is 9.99. The second-order valence-corrected chi connectivity index (χ2v) is 6.97. The Labute approximate surface area is 126 Å². The SMILES string of the molecule is NCC1CCCN(CCOc2ccc(S(N)(=O)=O)cc2)C1. The molecule has 0 bridgehead atoms. The molecule has 1 atom stereocenters. The van der Waals surface area contributed by atoms with Crippen LogP contribution in [0.3, 0.4) is 0 Å². The summed E-state index contributed by atoms with van der Waals surface area (Å²) >= 11 is 0. The highest BCUT2D eigenvalue weighted by Gasteiger charge is 2.18. The van der Waals surface area contributed by atoms with Crippen LogP contribution in [0.4, 0.5) is 0 Å². The molecular weight excluding hydrogens is 290 g/mol. The van der Waals surface area contributed by atoms with Gasteiger partial charge in [-0.2, -0.15) is 0 Å². The number of rotatable bonds is 6. The summed E-state index contributed by atoms with van der Waals surface area (Å²) in [6.45, 7) is 4.29. The number of nitrogens with zero attached hydrogens (tertiary/aromatic N) is 1. The molecule has 7 heteroatoms. The number of nitrogens with two attached hydrogens (primary N) is 2. The predicted octanol–water partition coefficient (Wildman–Crippen LogP) is 0.384. The molecule has 0 spiro atoms. The monoisotopic (exact) mass is 313 g/mol. The van der Waals surface area contributed by atoms with Gasteiger partial charge in [0.15, 0.2) is 0 Å². The van der Waals surface area contributed by atoms with E-state index in [0.29, 0.717) is 18.3 Å². The fourth-order valence-corrected chi connectivity index (χ4v) is 3.08. The number of hydrogen-bond donors (Lipinski definition) is 2. The topological polar surface area (TPSA) is 98.6 Å². The molecule has 0 amide bonds. The highest BCUT2D eigenvalue weighted by molar-refractivity contribution is 7.89. The van der Waals surface area contributed by atoms with Gasteiger partial charge >= 0.3 is 0 Å². The molecule has 1 aromatic rings. The van der Waals surface area contributed by atoms with Crippen LogP contribution in [-0.2, 0) is 10.0 Å². The van der Waals surface area contributed by atoms with Crippen LogP contribution in [0.1, 0.15) is 12.8 Å². The highest BCUT2D eigenvalue weighted by Crippen LogP contribution is 2.16. The number of hydrogen-bond acceptors (Lipinski definition) is 5. The fourth-order valence-electron chi connectivity index (χ4n) is 2.56. The van der Waals surface area contributed by atoms with E-state index >= 15 is 0 Å². The van der Waals surface area contributed by atoms with Crippen LogP contribution in [0, 0.1) is 5.92 Å². The van der Waals surface area contributed by atoms with Crippen molar-refractivity contribution >= 4 is 10.0 Å². The second kappa shape index (κ2) is 7.22. The lowest BCUT2D eigenvalue weighted by Crippen LogP contribution is -2.40. The summed E-state index contributed by atoms with van der Waals surface area (Å²) in [5, 5.41) is 5.05. The fraction of sp³-hybridized carbons (Fsp3) is 0.571. The van der Waals surface area contributed by atoms with Crippen molar-refractivity contribution in [3.8, 4) is 5.75 Å². The lowest BCUT2D eigenvalue weighted by atomic mass is 9.98. The van der Waals surface area contributed by atoms with Crippen molar-refractivity contribution in [2.75, 3.05) is 32.8 Å². The molecule has 4 N–H and O–H groups in total. The van der Waals surface area contributed by atoms with E-state index in [4.69, 9.17) is 15.6 Å². The Bertz CT molecular complexity index is 545. The second-order valence-electron chi connectivity index (χ2n) is 5.41. The summed E-state index contributed by atoms with van der Waals surface area (Å²) in [5.74, 6) is 1.24. The van der Waals surface area contributed by atoms with Crippen LogP contribution in [0.5, 0.6) is 5.75 Å². The van der Waals surface area contributed by atoms with E-state index in [1.165, 1.54) is 25.0 Å². The summed E-state index contributed by atoms with van der Waals surface area (Å²) in [5.41, 5.74) is 5.72. The van der Waals surface area contributed by atoms with Crippen molar-refractivity contribution in [2.24, 2.45) is 16.8 Å². The Balaban J connectivity index is 1.78. The third-order valence-corrected chi connectivity index (χ3v) is 4.69. The van der Waals surface area contributed by atoms with E-state index in [1.807, 2.05) is 0 Å². The van der Waals surface area contributed by atoms with Crippen LogP contribution < -0.4 is 15.6 Å². The molecule has 1 aromatic carbocycles. The Morgan fingerprint density at radius 2 is 2.00 bits per heavy atom. The number of benzene rings is 1. The van der Waals surface area contributed by atoms with Gasteiger partial charge < -0.3 is 10.5 Å². The van der Waals surface area contributed by atoms with Gasteiger partial charge in [0.2, 0.25) is 10.0 Å². The maximum Gasteiger partial charge on any atom is 0.238 e. The maximum absolute atomic E-state index is 11.1. The minimum absolute atomic E-state index is 0.0941. The van der Waals surface area contributed by atoms with E-state index < -0.39 is 10.0 Å². The lowest BCUT2D eigenvalue weighted by Gasteiger charge is -2.31. The van der Waals surface area contributed by atoms with E-state index in [0.717, 1.165) is 26.2 Å². The average Bonchev–Trinajstić information content (AvgIpc) is 2.47. The van der Waals surface area contributed by atoms with Gasteiger partial charge in [-0.25, -0.2) is 13.6 Å². The zero-order valence-electron chi connectivity index (χ0n) is 12.1. The largest absolute Gasteiger partial charge is 0.492 e. The normalized spacial score (nSPS) is 20.4. The van der Waals surface area contributed by atoms with Gasteiger partial charge in [0.1, 0.15) is 12.4 Å². The van der Waals surface area contributed by atoms with Crippen molar-refractivity contribution < 1.29 is 13.2 Å². The summed E-state index contributed by atoms with van der Waals surface area (Å²) in [6, 6.07) is 6.16. The summed E-state index contributed by atoms with van der Waals surface area (Å²) in [6.07, 6.45) is 2.40. The smallest absolute Gasteiger partial charge is 0.238 e. The molecule has 0 radical (unpaired) electrons.